The summed E-state index contributed by atoms with van der Waals surface area (Å²) >= 11 is 0. The van der Waals surface area contributed by atoms with Crippen molar-refractivity contribution in [3.63, 3.8) is 0 Å². The number of phenolic OH excluding ortho intramolecular Hbond substituents is 1. The van der Waals surface area contributed by atoms with Gasteiger partial charge in [-0.15, -0.1) is 0 Å². The Morgan fingerprint density at radius 1 is 0.812 bits per heavy atom. The summed E-state index contributed by atoms with van der Waals surface area (Å²) in [5.41, 5.74) is 3.56. The number of pyridine rings is 1. The van der Waals surface area contributed by atoms with E-state index in [1.807, 2.05) is 78.9 Å². The first-order valence-corrected chi connectivity index (χ1v) is 10.0. The fraction of sp³-hybridized carbons (Fsp3) is 0.0769. The minimum atomic E-state index is 0.105. The summed E-state index contributed by atoms with van der Waals surface area (Å²) in [5.74, 6) is 2.05. The fourth-order valence-corrected chi connectivity index (χ4v) is 3.18. The Morgan fingerprint density at radius 2 is 1.66 bits per heavy atom. The second-order valence-corrected chi connectivity index (χ2v) is 6.97. The van der Waals surface area contributed by atoms with Gasteiger partial charge in [0.05, 0.1) is 25.6 Å². The van der Waals surface area contributed by atoms with Crippen molar-refractivity contribution in [1.82, 2.24) is 14.8 Å². The molecular weight excluding hydrogens is 402 g/mol. The van der Waals surface area contributed by atoms with Crippen molar-refractivity contribution < 1.29 is 14.6 Å². The van der Waals surface area contributed by atoms with E-state index in [2.05, 4.69) is 4.98 Å². The lowest BCUT2D eigenvalue weighted by Gasteiger charge is -2.04. The van der Waals surface area contributed by atoms with Crippen LogP contribution in [0.3, 0.4) is 0 Å². The molecule has 2 heterocycles. The zero-order chi connectivity index (χ0) is 22.3. The van der Waals surface area contributed by atoms with Gasteiger partial charge in [0.2, 0.25) is 0 Å². The Balaban J connectivity index is 1.67. The maximum absolute atomic E-state index is 9.82. The van der Waals surface area contributed by atoms with Crippen LogP contribution in [-0.2, 0) is 0 Å². The second kappa shape index (κ2) is 9.66. The molecule has 0 aliphatic rings. The summed E-state index contributed by atoms with van der Waals surface area (Å²) in [6.07, 6.45) is 9.58. The monoisotopic (exact) mass is 425 g/mol. The Bertz CT molecular complexity index is 1260. The van der Waals surface area contributed by atoms with E-state index in [-0.39, 0.29) is 5.75 Å². The molecule has 6 nitrogen and oxygen atoms in total. The van der Waals surface area contributed by atoms with E-state index in [0.717, 1.165) is 34.1 Å². The number of hydrogen-bond donors (Lipinski definition) is 1. The molecule has 2 aromatic carbocycles. The van der Waals surface area contributed by atoms with Crippen LogP contribution in [0.25, 0.3) is 30.1 Å². The van der Waals surface area contributed by atoms with Gasteiger partial charge >= 0.3 is 0 Å². The van der Waals surface area contributed by atoms with Gasteiger partial charge < -0.3 is 14.6 Å². The SMILES string of the molecule is COc1cccc(/C=C/c2cc(/C=C/c3ccc(O)c(OC)c3)n(-c3ccccn3)n2)c1. The number of methoxy groups -OCH3 is 2. The van der Waals surface area contributed by atoms with Crippen molar-refractivity contribution >= 4 is 24.3 Å². The Morgan fingerprint density at radius 3 is 2.44 bits per heavy atom. The molecule has 4 rings (SSSR count). The highest BCUT2D eigenvalue weighted by atomic mass is 16.5. The number of ether oxygens (including phenoxy) is 2. The summed E-state index contributed by atoms with van der Waals surface area (Å²) in [5, 5.41) is 14.5. The molecule has 0 saturated heterocycles. The van der Waals surface area contributed by atoms with Gasteiger partial charge in [0.25, 0.3) is 0 Å². The summed E-state index contributed by atoms with van der Waals surface area (Å²) in [4.78, 5) is 4.43. The molecule has 0 unspecified atom stereocenters. The van der Waals surface area contributed by atoms with Gasteiger partial charge in [0.1, 0.15) is 5.75 Å². The second-order valence-electron chi connectivity index (χ2n) is 6.97. The van der Waals surface area contributed by atoms with Crippen molar-refractivity contribution in [3.05, 3.63) is 95.4 Å². The molecule has 0 fully saturated rings. The van der Waals surface area contributed by atoms with Gasteiger partial charge in [0.15, 0.2) is 17.3 Å². The predicted octanol–water partition coefficient (Wildman–Crippen LogP) is 5.33. The van der Waals surface area contributed by atoms with Gasteiger partial charge in [-0.05, 0) is 65.7 Å². The van der Waals surface area contributed by atoms with Crippen LogP contribution in [0.1, 0.15) is 22.5 Å². The zero-order valence-corrected chi connectivity index (χ0v) is 17.8. The van der Waals surface area contributed by atoms with Crippen molar-refractivity contribution in [3.8, 4) is 23.1 Å². The van der Waals surface area contributed by atoms with Crippen LogP contribution in [0.15, 0.2) is 72.9 Å². The molecule has 0 aliphatic carbocycles. The third-order valence-electron chi connectivity index (χ3n) is 4.81. The number of rotatable bonds is 7. The summed E-state index contributed by atoms with van der Waals surface area (Å²) in [6.45, 7) is 0. The lowest BCUT2D eigenvalue weighted by atomic mass is 10.1. The molecule has 4 aromatic rings. The molecule has 160 valence electrons. The first-order chi connectivity index (χ1) is 15.7. The highest BCUT2D eigenvalue weighted by Crippen LogP contribution is 2.27. The van der Waals surface area contributed by atoms with Gasteiger partial charge in [-0.2, -0.15) is 5.10 Å². The van der Waals surface area contributed by atoms with Crippen molar-refractivity contribution in [2.75, 3.05) is 14.2 Å². The van der Waals surface area contributed by atoms with E-state index in [1.54, 1.807) is 30.1 Å². The molecular formula is C26H23N3O3. The molecule has 6 heteroatoms. The van der Waals surface area contributed by atoms with Gasteiger partial charge in [-0.25, -0.2) is 9.67 Å². The number of benzene rings is 2. The average molecular weight is 425 g/mol. The van der Waals surface area contributed by atoms with E-state index in [9.17, 15) is 5.11 Å². The Hall–Kier alpha value is -4.32. The number of nitrogens with zero attached hydrogens (tertiary/aromatic N) is 3. The van der Waals surface area contributed by atoms with Crippen LogP contribution in [-0.4, -0.2) is 34.1 Å². The van der Waals surface area contributed by atoms with E-state index < -0.39 is 0 Å². The quantitative estimate of drug-likeness (QED) is 0.433. The number of hydrogen-bond acceptors (Lipinski definition) is 5. The van der Waals surface area contributed by atoms with Crippen LogP contribution in [0.2, 0.25) is 0 Å². The normalized spacial score (nSPS) is 11.3. The van der Waals surface area contributed by atoms with Crippen LogP contribution in [0, 0.1) is 0 Å². The standard InChI is InChI=1S/C26H23N3O3/c1-31-23-7-5-6-19(16-23)9-12-21-18-22(29(28-21)26-8-3-4-15-27-26)13-10-20-11-14-24(30)25(17-20)32-2/h3-18,30H,1-2H3/b12-9+,13-10+. The minimum Gasteiger partial charge on any atom is -0.504 e. The largest absolute Gasteiger partial charge is 0.504 e. The molecule has 0 saturated carbocycles. The summed E-state index contributed by atoms with van der Waals surface area (Å²) in [7, 11) is 3.18. The van der Waals surface area contributed by atoms with Crippen molar-refractivity contribution in [2.24, 2.45) is 0 Å². The molecule has 0 aliphatic heterocycles. The van der Waals surface area contributed by atoms with E-state index in [1.165, 1.54) is 7.11 Å². The number of aromatic hydroxyl groups is 1. The van der Waals surface area contributed by atoms with Gasteiger partial charge in [-0.1, -0.05) is 36.4 Å². The smallest absolute Gasteiger partial charge is 0.161 e. The van der Waals surface area contributed by atoms with Crippen molar-refractivity contribution in [1.29, 1.82) is 0 Å². The molecule has 0 radical (unpaired) electrons. The molecule has 0 bridgehead atoms. The Kier molecular flexibility index (Phi) is 6.32. The lowest BCUT2D eigenvalue weighted by Crippen LogP contribution is -2.01. The summed E-state index contributed by atoms with van der Waals surface area (Å²) in [6, 6.07) is 20.7. The predicted molar refractivity (Wildman–Crippen MR) is 127 cm³/mol. The maximum atomic E-state index is 9.82. The zero-order valence-electron chi connectivity index (χ0n) is 17.8. The lowest BCUT2D eigenvalue weighted by molar-refractivity contribution is 0.373. The third kappa shape index (κ3) is 4.87. The molecule has 2 aromatic heterocycles. The van der Waals surface area contributed by atoms with Crippen LogP contribution < -0.4 is 9.47 Å². The topological polar surface area (TPSA) is 69.4 Å². The van der Waals surface area contributed by atoms with Crippen LogP contribution in [0.5, 0.6) is 17.2 Å². The summed E-state index contributed by atoms with van der Waals surface area (Å²) < 4.78 is 12.3. The number of phenols is 1. The van der Waals surface area contributed by atoms with Crippen LogP contribution in [0.4, 0.5) is 0 Å². The molecule has 0 amide bonds. The van der Waals surface area contributed by atoms with Crippen molar-refractivity contribution in [2.45, 2.75) is 0 Å². The molecule has 0 spiro atoms. The third-order valence-corrected chi connectivity index (χ3v) is 4.81. The highest BCUT2D eigenvalue weighted by Gasteiger charge is 2.08. The van der Waals surface area contributed by atoms with Crippen LogP contribution >= 0.6 is 0 Å². The maximum Gasteiger partial charge on any atom is 0.161 e. The van der Waals surface area contributed by atoms with Gasteiger partial charge in [0, 0.05) is 6.20 Å². The van der Waals surface area contributed by atoms with E-state index >= 15 is 0 Å². The van der Waals surface area contributed by atoms with E-state index in [0.29, 0.717) is 5.75 Å². The fourth-order valence-electron chi connectivity index (χ4n) is 3.18. The minimum absolute atomic E-state index is 0.105. The Labute approximate surface area is 186 Å². The first kappa shape index (κ1) is 20.9. The number of aromatic nitrogens is 3. The van der Waals surface area contributed by atoms with E-state index in [4.69, 9.17) is 14.6 Å². The first-order valence-electron chi connectivity index (χ1n) is 10.0. The molecule has 32 heavy (non-hydrogen) atoms. The van der Waals surface area contributed by atoms with Gasteiger partial charge in [-0.3, -0.25) is 0 Å². The molecule has 0 atom stereocenters. The molecule has 1 N–H and O–H groups in total. The highest BCUT2D eigenvalue weighted by molar-refractivity contribution is 5.73. The average Bonchev–Trinajstić information content (AvgIpc) is 3.26.